The zero-order valence-corrected chi connectivity index (χ0v) is 30.5. The molecule has 3 aliphatic heterocycles. The van der Waals surface area contributed by atoms with Gasteiger partial charge in [-0.05, 0) is 64.6 Å². The molecule has 2 fully saturated rings. The highest BCUT2D eigenvalue weighted by atomic mass is 16.6. The minimum Gasteiger partial charge on any atom is -0.457 e. The van der Waals surface area contributed by atoms with Crippen LogP contribution >= 0.6 is 0 Å². The molecule has 3 N–H and O–H groups in total. The molecule has 0 spiro atoms. The van der Waals surface area contributed by atoms with Gasteiger partial charge < -0.3 is 39.2 Å². The minimum absolute atomic E-state index is 0.00286. The van der Waals surface area contributed by atoms with Crippen LogP contribution in [0.15, 0.2) is 36.0 Å². The molecule has 0 aromatic heterocycles. The summed E-state index contributed by atoms with van der Waals surface area (Å²) < 4.78 is 23.7. The summed E-state index contributed by atoms with van der Waals surface area (Å²) in [6.45, 7) is 17.2. The first kappa shape index (κ1) is 40.2. The third kappa shape index (κ3) is 11.7. The van der Waals surface area contributed by atoms with Crippen molar-refractivity contribution in [3.8, 4) is 0 Å². The molecule has 11 nitrogen and oxygen atoms in total. The molecule has 3 aliphatic rings. The van der Waals surface area contributed by atoms with Crippen molar-refractivity contribution in [1.82, 2.24) is 9.80 Å². The van der Waals surface area contributed by atoms with Gasteiger partial charge in [0.1, 0.15) is 11.7 Å². The maximum Gasteiger partial charge on any atom is 0.410 e. The number of piperazine rings is 1. The molecule has 48 heavy (non-hydrogen) atoms. The zero-order chi connectivity index (χ0) is 35.6. The SMILES string of the molecule is CCCN1CCN(C(=O)OC2/C=C\C(C)C(/C(C)=C/C=C/C(C)(O)CC3OC3C(C)C(O)CC)OC(=O)CC(O)CCC2(C)OC)CC1. The third-order valence-corrected chi connectivity index (χ3v) is 10.2. The van der Waals surface area contributed by atoms with E-state index >= 15 is 0 Å². The first-order valence-corrected chi connectivity index (χ1v) is 17.8. The molecule has 10 unspecified atom stereocenters. The number of aliphatic hydroxyl groups is 3. The number of epoxide rings is 1. The van der Waals surface area contributed by atoms with E-state index in [9.17, 15) is 24.9 Å². The lowest BCUT2D eigenvalue weighted by atomic mass is 9.88. The van der Waals surface area contributed by atoms with Gasteiger partial charge in [0.2, 0.25) is 0 Å². The summed E-state index contributed by atoms with van der Waals surface area (Å²) in [5, 5.41) is 31.9. The molecular formula is C37H62N2O9. The number of hydrogen-bond acceptors (Lipinski definition) is 10. The fraction of sp³-hybridized carbons (Fsp3) is 0.784. The van der Waals surface area contributed by atoms with Crippen molar-refractivity contribution < 1.29 is 43.9 Å². The number of cyclic esters (lactones) is 1. The fourth-order valence-electron chi connectivity index (χ4n) is 6.66. The minimum atomic E-state index is -1.14. The van der Waals surface area contributed by atoms with Crippen molar-refractivity contribution >= 4 is 12.1 Å². The van der Waals surface area contributed by atoms with Crippen LogP contribution in [0.25, 0.3) is 0 Å². The van der Waals surface area contributed by atoms with Crippen LogP contribution in [0.5, 0.6) is 0 Å². The second kappa shape index (κ2) is 18.1. The van der Waals surface area contributed by atoms with E-state index in [-0.39, 0.29) is 36.9 Å². The fourth-order valence-corrected chi connectivity index (χ4v) is 6.66. The Morgan fingerprint density at radius 1 is 1.23 bits per heavy atom. The number of allylic oxidation sites excluding steroid dienone is 2. The molecule has 2 saturated heterocycles. The lowest BCUT2D eigenvalue weighted by molar-refractivity contribution is -0.151. The van der Waals surface area contributed by atoms with Crippen LogP contribution in [0.3, 0.4) is 0 Å². The predicted octanol–water partition coefficient (Wildman–Crippen LogP) is 4.39. The summed E-state index contributed by atoms with van der Waals surface area (Å²) in [5.41, 5.74) is -1.34. The van der Waals surface area contributed by atoms with Crippen molar-refractivity contribution in [3.63, 3.8) is 0 Å². The van der Waals surface area contributed by atoms with E-state index in [2.05, 4.69) is 11.8 Å². The number of carbonyl (C=O) groups is 2. The number of amides is 1. The van der Waals surface area contributed by atoms with Crippen LogP contribution in [-0.2, 0) is 23.7 Å². The number of esters is 1. The molecule has 3 rings (SSSR count). The molecule has 0 aliphatic carbocycles. The standard InChI is InChI=1S/C37H62N2O9/c1-9-18-38-19-21-39(22-20-38)35(43)47-31-14-13-26(4)33(48-32(42)23-28(40)15-17-37(31,7)45-8)25(3)12-11-16-36(6,44)24-30-34(46-30)27(5)29(41)10-2/h11-14,16,26-31,33-34,40-41,44H,9-10,15,17-24H2,1-8H3/b14-13-,16-11+,25-12+. The van der Waals surface area contributed by atoms with Crippen LogP contribution in [0.1, 0.15) is 87.0 Å². The van der Waals surface area contributed by atoms with Gasteiger partial charge in [-0.2, -0.15) is 0 Å². The highest BCUT2D eigenvalue weighted by Crippen LogP contribution is 2.37. The van der Waals surface area contributed by atoms with Crippen molar-refractivity contribution in [2.45, 2.75) is 135 Å². The molecule has 0 aromatic carbocycles. The summed E-state index contributed by atoms with van der Waals surface area (Å²) in [4.78, 5) is 30.4. The molecule has 3 heterocycles. The van der Waals surface area contributed by atoms with Gasteiger partial charge in [0.25, 0.3) is 0 Å². The van der Waals surface area contributed by atoms with E-state index in [1.807, 2.05) is 52.8 Å². The highest BCUT2D eigenvalue weighted by molar-refractivity contribution is 5.70. The maximum absolute atomic E-state index is 13.4. The Labute approximate surface area is 287 Å². The summed E-state index contributed by atoms with van der Waals surface area (Å²) in [5.74, 6) is -0.832. The van der Waals surface area contributed by atoms with Gasteiger partial charge in [0, 0.05) is 51.5 Å². The van der Waals surface area contributed by atoms with Gasteiger partial charge in [-0.25, -0.2) is 4.79 Å². The average Bonchev–Trinajstić information content (AvgIpc) is 3.81. The smallest absolute Gasteiger partial charge is 0.410 e. The number of ether oxygens (including phenoxy) is 4. The maximum atomic E-state index is 13.4. The van der Waals surface area contributed by atoms with Crippen molar-refractivity contribution in [1.29, 1.82) is 0 Å². The van der Waals surface area contributed by atoms with Crippen molar-refractivity contribution in [2.75, 3.05) is 39.8 Å². The Morgan fingerprint density at radius 2 is 1.92 bits per heavy atom. The summed E-state index contributed by atoms with van der Waals surface area (Å²) >= 11 is 0. The molecule has 0 radical (unpaired) electrons. The number of nitrogens with zero attached hydrogens (tertiary/aromatic N) is 2. The van der Waals surface area contributed by atoms with E-state index in [0.29, 0.717) is 32.4 Å². The van der Waals surface area contributed by atoms with Crippen LogP contribution in [0.2, 0.25) is 0 Å². The Morgan fingerprint density at radius 3 is 2.54 bits per heavy atom. The molecule has 0 saturated carbocycles. The van der Waals surface area contributed by atoms with E-state index in [1.54, 1.807) is 31.1 Å². The first-order valence-electron chi connectivity index (χ1n) is 17.8. The quantitative estimate of drug-likeness (QED) is 0.118. The summed E-state index contributed by atoms with van der Waals surface area (Å²) in [6.07, 6.45) is 8.09. The Hall–Kier alpha value is -2.28. The zero-order valence-electron chi connectivity index (χ0n) is 30.5. The van der Waals surface area contributed by atoms with Crippen molar-refractivity contribution in [3.05, 3.63) is 36.0 Å². The largest absolute Gasteiger partial charge is 0.457 e. The van der Waals surface area contributed by atoms with Crippen LogP contribution in [-0.4, -0.2) is 125 Å². The third-order valence-electron chi connectivity index (χ3n) is 10.2. The monoisotopic (exact) mass is 678 g/mol. The van der Waals surface area contributed by atoms with Crippen molar-refractivity contribution in [2.24, 2.45) is 11.8 Å². The Balaban J connectivity index is 1.76. The van der Waals surface area contributed by atoms with Crippen LogP contribution in [0.4, 0.5) is 4.79 Å². The molecule has 10 atom stereocenters. The van der Waals surface area contributed by atoms with E-state index in [0.717, 1.165) is 31.6 Å². The molecule has 274 valence electrons. The number of hydrogen-bond donors (Lipinski definition) is 3. The number of rotatable bonds is 12. The predicted molar refractivity (Wildman–Crippen MR) is 184 cm³/mol. The van der Waals surface area contributed by atoms with Crippen LogP contribution in [0, 0.1) is 11.8 Å². The lowest BCUT2D eigenvalue weighted by Crippen LogP contribution is -2.51. The van der Waals surface area contributed by atoms with E-state index in [4.69, 9.17) is 18.9 Å². The molecular weight excluding hydrogens is 616 g/mol. The van der Waals surface area contributed by atoms with Gasteiger partial charge in [-0.15, -0.1) is 0 Å². The first-order chi connectivity index (χ1) is 22.6. The van der Waals surface area contributed by atoms with Gasteiger partial charge in [0.15, 0.2) is 6.10 Å². The van der Waals surface area contributed by atoms with Crippen LogP contribution < -0.4 is 0 Å². The summed E-state index contributed by atoms with van der Waals surface area (Å²) in [6, 6.07) is 0. The highest BCUT2D eigenvalue weighted by Gasteiger charge is 2.47. The second-order valence-corrected chi connectivity index (χ2v) is 14.5. The van der Waals surface area contributed by atoms with Gasteiger partial charge >= 0.3 is 12.1 Å². The van der Waals surface area contributed by atoms with E-state index in [1.165, 1.54) is 0 Å². The summed E-state index contributed by atoms with van der Waals surface area (Å²) in [7, 11) is 1.57. The molecule has 11 heteroatoms. The Bertz CT molecular complexity index is 1130. The van der Waals surface area contributed by atoms with Gasteiger partial charge in [-0.3, -0.25) is 9.69 Å². The number of carbonyl (C=O) groups excluding carboxylic acids is 2. The number of methoxy groups -OCH3 is 1. The Kier molecular flexibility index (Phi) is 15.1. The second-order valence-electron chi connectivity index (χ2n) is 14.5. The topological polar surface area (TPSA) is 142 Å². The molecule has 0 aromatic rings. The van der Waals surface area contributed by atoms with E-state index < -0.39 is 47.7 Å². The normalized spacial score (nSPS) is 34.4. The molecule has 0 bridgehead atoms. The van der Waals surface area contributed by atoms with Gasteiger partial charge in [-0.1, -0.05) is 52.0 Å². The molecule has 1 amide bonds. The number of aliphatic hydroxyl groups excluding tert-OH is 2. The van der Waals surface area contributed by atoms with Gasteiger partial charge in [0.05, 0.1) is 36.4 Å². The lowest BCUT2D eigenvalue weighted by Gasteiger charge is -2.38. The average molecular weight is 679 g/mol.